The van der Waals surface area contributed by atoms with E-state index in [4.69, 9.17) is 23.7 Å². The molecule has 0 aromatic carbocycles. The number of carbonyl (C=O) groups is 4. The van der Waals surface area contributed by atoms with Crippen LogP contribution in [0.25, 0.3) is 0 Å². The first kappa shape index (κ1) is 23.1. The molecule has 0 N–H and O–H groups in total. The number of ether oxygens (including phenoxy) is 5. The number of hydrogen-bond acceptors (Lipinski definition) is 10. The maximum absolute atomic E-state index is 11.8. The Labute approximate surface area is 180 Å². The Hall–Kier alpha value is -2.22. The molecular formula is C17H21IN2O9. The van der Waals surface area contributed by atoms with Crippen LogP contribution in [0.15, 0.2) is 12.4 Å². The van der Waals surface area contributed by atoms with Crippen molar-refractivity contribution >= 4 is 46.5 Å². The molecule has 2 rings (SSSR count). The fraction of sp³-hybridized carbons (Fsp3) is 0.588. The highest BCUT2D eigenvalue weighted by atomic mass is 127. The summed E-state index contributed by atoms with van der Waals surface area (Å²) in [4.78, 5) is 46.3. The van der Waals surface area contributed by atoms with Crippen molar-refractivity contribution in [1.29, 1.82) is 0 Å². The van der Waals surface area contributed by atoms with Crippen molar-refractivity contribution in [2.24, 2.45) is 0 Å². The molecule has 1 aliphatic rings. The van der Waals surface area contributed by atoms with E-state index >= 15 is 0 Å². The number of esters is 4. The topological polar surface area (TPSA) is 132 Å². The van der Waals surface area contributed by atoms with Crippen LogP contribution in [0.2, 0.25) is 0 Å². The lowest BCUT2D eigenvalue weighted by atomic mass is 9.95. The molecule has 0 aliphatic carbocycles. The van der Waals surface area contributed by atoms with Gasteiger partial charge in [0, 0.05) is 33.9 Å². The third-order valence-corrected chi connectivity index (χ3v) is 4.39. The van der Waals surface area contributed by atoms with Gasteiger partial charge in [-0.1, -0.05) is 0 Å². The summed E-state index contributed by atoms with van der Waals surface area (Å²) in [5, 5.41) is 4.22. The van der Waals surface area contributed by atoms with Gasteiger partial charge in [-0.25, -0.2) is 0 Å². The molecule has 160 valence electrons. The van der Waals surface area contributed by atoms with E-state index in [9.17, 15) is 19.2 Å². The minimum Gasteiger partial charge on any atom is -0.463 e. The Morgan fingerprint density at radius 2 is 1.59 bits per heavy atom. The Kier molecular flexibility index (Phi) is 7.96. The molecule has 0 spiro atoms. The summed E-state index contributed by atoms with van der Waals surface area (Å²) < 4.78 is 28.9. The quantitative estimate of drug-likeness (QED) is 0.298. The molecule has 2 heterocycles. The van der Waals surface area contributed by atoms with E-state index in [0.29, 0.717) is 0 Å². The predicted molar refractivity (Wildman–Crippen MR) is 102 cm³/mol. The standard InChI is InChI=1S/C17H21IN2O9/c1-8(21)25-7-13-15(26-9(2)22)14(20-6-12(18)5-19-20)16(27-10(3)23)17(29-13)28-11(4)24/h5-6,13-17H,7H2,1-4H3/t13-,14+,15+,16-,17-/m1/s1. The van der Waals surface area contributed by atoms with Gasteiger partial charge in [0.15, 0.2) is 12.2 Å². The summed E-state index contributed by atoms with van der Waals surface area (Å²) >= 11 is 2.03. The molecule has 12 heteroatoms. The fourth-order valence-corrected chi connectivity index (χ4v) is 3.33. The number of hydrogen-bond donors (Lipinski definition) is 0. The van der Waals surface area contributed by atoms with Gasteiger partial charge in [0.2, 0.25) is 6.29 Å². The van der Waals surface area contributed by atoms with E-state index in [-0.39, 0.29) is 6.61 Å². The van der Waals surface area contributed by atoms with Crippen molar-refractivity contribution < 1.29 is 42.9 Å². The Balaban J connectivity index is 2.52. The van der Waals surface area contributed by atoms with Crippen molar-refractivity contribution in [3.63, 3.8) is 0 Å². The normalized spacial score (nSPS) is 26.3. The van der Waals surface area contributed by atoms with Gasteiger partial charge in [0.05, 0.1) is 9.77 Å². The van der Waals surface area contributed by atoms with E-state index < -0.39 is 54.5 Å². The van der Waals surface area contributed by atoms with Crippen LogP contribution in [0.3, 0.4) is 0 Å². The number of halogens is 1. The molecule has 29 heavy (non-hydrogen) atoms. The van der Waals surface area contributed by atoms with Gasteiger partial charge < -0.3 is 23.7 Å². The molecular weight excluding hydrogens is 503 g/mol. The molecule has 0 radical (unpaired) electrons. The molecule has 1 aromatic heterocycles. The summed E-state index contributed by atoms with van der Waals surface area (Å²) in [7, 11) is 0. The van der Waals surface area contributed by atoms with Gasteiger partial charge in [-0.05, 0) is 22.6 Å². The molecule has 5 atom stereocenters. The van der Waals surface area contributed by atoms with Gasteiger partial charge >= 0.3 is 23.9 Å². The monoisotopic (exact) mass is 524 g/mol. The highest BCUT2D eigenvalue weighted by Gasteiger charge is 2.53. The van der Waals surface area contributed by atoms with Gasteiger partial charge in [-0.2, -0.15) is 5.10 Å². The summed E-state index contributed by atoms with van der Waals surface area (Å²) in [6, 6.07) is -0.912. The molecule has 1 aromatic rings. The molecule has 1 saturated heterocycles. The van der Waals surface area contributed by atoms with E-state index in [2.05, 4.69) is 5.10 Å². The van der Waals surface area contributed by atoms with Gasteiger partial charge in [0.1, 0.15) is 18.8 Å². The molecule has 11 nitrogen and oxygen atoms in total. The SMILES string of the molecule is CC(=O)OC[C@H]1O[C@@H](OC(C)=O)[C@H](OC(C)=O)[C@@H](n2cc(I)cn2)[C@H]1OC(C)=O. The largest absolute Gasteiger partial charge is 0.463 e. The average molecular weight is 524 g/mol. The van der Waals surface area contributed by atoms with Crippen LogP contribution in [0.4, 0.5) is 0 Å². The first-order valence-electron chi connectivity index (χ1n) is 8.58. The zero-order valence-electron chi connectivity index (χ0n) is 16.2. The van der Waals surface area contributed by atoms with E-state index in [0.717, 1.165) is 3.57 Å². The van der Waals surface area contributed by atoms with E-state index in [1.807, 2.05) is 22.6 Å². The zero-order chi connectivity index (χ0) is 21.7. The van der Waals surface area contributed by atoms with E-state index in [1.54, 1.807) is 12.4 Å². The maximum atomic E-state index is 11.8. The smallest absolute Gasteiger partial charge is 0.305 e. The zero-order valence-corrected chi connectivity index (χ0v) is 18.4. The third kappa shape index (κ3) is 6.39. The summed E-state index contributed by atoms with van der Waals surface area (Å²) in [6.45, 7) is 4.47. The van der Waals surface area contributed by atoms with Gasteiger partial charge in [-0.3, -0.25) is 23.9 Å². The van der Waals surface area contributed by atoms with Crippen molar-refractivity contribution in [2.75, 3.05) is 6.61 Å². The van der Waals surface area contributed by atoms with Crippen LogP contribution in [-0.4, -0.2) is 64.9 Å². The van der Waals surface area contributed by atoms with Crippen molar-refractivity contribution in [1.82, 2.24) is 9.78 Å². The second-order valence-electron chi connectivity index (χ2n) is 6.23. The van der Waals surface area contributed by atoms with Crippen LogP contribution in [0, 0.1) is 3.57 Å². The summed E-state index contributed by atoms with van der Waals surface area (Å²) in [6.07, 6.45) is -1.39. The molecule has 0 bridgehead atoms. The number of aromatic nitrogens is 2. The lowest BCUT2D eigenvalue weighted by molar-refractivity contribution is -0.285. The van der Waals surface area contributed by atoms with Crippen molar-refractivity contribution in [3.8, 4) is 0 Å². The molecule has 0 saturated carbocycles. The van der Waals surface area contributed by atoms with Crippen LogP contribution >= 0.6 is 22.6 Å². The number of rotatable bonds is 6. The minimum absolute atomic E-state index is 0.285. The maximum Gasteiger partial charge on any atom is 0.305 e. The summed E-state index contributed by atoms with van der Waals surface area (Å²) in [5.41, 5.74) is 0. The van der Waals surface area contributed by atoms with Crippen molar-refractivity contribution in [2.45, 2.75) is 58.3 Å². The molecule has 1 fully saturated rings. The number of nitrogens with zero attached hydrogens (tertiary/aromatic N) is 2. The van der Waals surface area contributed by atoms with Gasteiger partial charge in [0.25, 0.3) is 0 Å². The van der Waals surface area contributed by atoms with Crippen LogP contribution in [0.5, 0.6) is 0 Å². The van der Waals surface area contributed by atoms with E-state index in [1.165, 1.54) is 32.4 Å². The average Bonchev–Trinajstić information content (AvgIpc) is 3.00. The molecule has 0 amide bonds. The molecule has 1 aliphatic heterocycles. The minimum atomic E-state index is -1.34. The third-order valence-electron chi connectivity index (χ3n) is 3.83. The van der Waals surface area contributed by atoms with Crippen LogP contribution < -0.4 is 0 Å². The Morgan fingerprint density at radius 1 is 1.00 bits per heavy atom. The highest BCUT2D eigenvalue weighted by Crippen LogP contribution is 2.35. The highest BCUT2D eigenvalue weighted by molar-refractivity contribution is 14.1. The Bertz CT molecular complexity index is 781. The second-order valence-corrected chi connectivity index (χ2v) is 7.48. The predicted octanol–water partition coefficient (Wildman–Crippen LogP) is 0.743. The lowest BCUT2D eigenvalue weighted by Gasteiger charge is -2.44. The Morgan fingerprint density at radius 3 is 2.07 bits per heavy atom. The van der Waals surface area contributed by atoms with Gasteiger partial charge in [-0.15, -0.1) is 0 Å². The first-order chi connectivity index (χ1) is 13.6. The summed E-state index contributed by atoms with van der Waals surface area (Å²) in [5.74, 6) is -2.56. The second kappa shape index (κ2) is 10.0. The first-order valence-corrected chi connectivity index (χ1v) is 9.66. The van der Waals surface area contributed by atoms with Crippen LogP contribution in [0.1, 0.15) is 33.7 Å². The lowest BCUT2D eigenvalue weighted by Crippen LogP contribution is -2.59. The fourth-order valence-electron chi connectivity index (χ4n) is 2.92. The van der Waals surface area contributed by atoms with Crippen LogP contribution in [-0.2, 0) is 42.9 Å². The number of carbonyl (C=O) groups excluding carboxylic acids is 4. The molecule has 0 unspecified atom stereocenters. The van der Waals surface area contributed by atoms with Crippen molar-refractivity contribution in [3.05, 3.63) is 16.0 Å².